The number of unbranched alkanes of at least 4 members (excludes halogenated alkanes) is 1. The zero-order chi connectivity index (χ0) is 68.0. The monoisotopic (exact) mass is 1330 g/mol. The first kappa shape index (κ1) is 74.7. The highest BCUT2D eigenvalue weighted by molar-refractivity contribution is 5.98. The van der Waals surface area contributed by atoms with Crippen molar-refractivity contribution >= 4 is 46.4 Å². The molecule has 520 valence electrons. The number of cyclic esters (lactones) is 1. The lowest BCUT2D eigenvalue weighted by atomic mass is 9.81. The molecule has 0 radical (unpaired) electrons. The number of esters is 1. The van der Waals surface area contributed by atoms with Crippen molar-refractivity contribution < 1.29 is 85.6 Å². The molecule has 28 nitrogen and oxygen atoms in total. The number of carbonyl (C=O) groups excluding carboxylic acids is 5. The number of ether oxygens (including phenoxy) is 11. The predicted molar refractivity (Wildman–Crippen MR) is 345 cm³/mol. The second kappa shape index (κ2) is 39.4. The Kier molecular flexibility index (Phi) is 31.0. The summed E-state index contributed by atoms with van der Waals surface area (Å²) < 4.78 is 77.3. The van der Waals surface area contributed by atoms with Crippen LogP contribution in [0.25, 0.3) is 32.7 Å². The Morgan fingerprint density at radius 2 is 1.41 bits per heavy atom. The zero-order valence-corrected chi connectivity index (χ0v) is 54.8. The van der Waals surface area contributed by atoms with Gasteiger partial charge in [0.2, 0.25) is 17.7 Å². The third kappa shape index (κ3) is 21.9. The van der Waals surface area contributed by atoms with Gasteiger partial charge in [0.15, 0.2) is 5.60 Å². The van der Waals surface area contributed by atoms with Crippen molar-refractivity contribution in [3.8, 4) is 11.4 Å². The lowest BCUT2D eigenvalue weighted by Gasteiger charge is -2.31. The van der Waals surface area contributed by atoms with E-state index in [0.717, 1.165) is 5.56 Å². The van der Waals surface area contributed by atoms with Gasteiger partial charge in [0.1, 0.15) is 31.1 Å². The Labute approximate surface area is 551 Å². The fourth-order valence-corrected chi connectivity index (χ4v) is 11.1. The number of pyridine rings is 2. The number of nitrogens with one attached hydrogen (secondary N) is 5. The minimum Gasteiger partial charge on any atom is -0.458 e. The Morgan fingerprint density at radius 1 is 0.821 bits per heavy atom. The van der Waals surface area contributed by atoms with Crippen molar-refractivity contribution in [3.05, 3.63) is 115 Å². The molecule has 2 aromatic heterocycles. The van der Waals surface area contributed by atoms with E-state index in [9.17, 15) is 33.9 Å². The molecular formula is C66H91FN10O18. The number of hydrogen-bond donors (Lipinski definition) is 6. The molecule has 2 aliphatic heterocycles. The topological polar surface area (TPSA) is 351 Å². The van der Waals surface area contributed by atoms with Crippen LogP contribution in [0.4, 0.5) is 14.9 Å². The molecule has 0 spiro atoms. The number of azide groups is 1. The Bertz CT molecular complexity index is 3310. The molecule has 0 saturated carbocycles. The van der Waals surface area contributed by atoms with Crippen molar-refractivity contribution in [3.63, 3.8) is 0 Å². The number of alkyl carbamates (subject to hydrolysis) is 1. The molecule has 7 rings (SSSR count). The normalized spacial score (nSPS) is 15.8. The largest absolute Gasteiger partial charge is 0.458 e. The van der Waals surface area contributed by atoms with Gasteiger partial charge in [-0.2, -0.15) is 0 Å². The van der Waals surface area contributed by atoms with Gasteiger partial charge in [0, 0.05) is 52.7 Å². The number of aryl methyl sites for hydroxylation is 1. The van der Waals surface area contributed by atoms with Crippen LogP contribution in [-0.2, 0) is 103 Å². The fraction of sp³-hybridized carbons (Fsp3) is 0.591. The molecule has 3 aliphatic rings. The van der Waals surface area contributed by atoms with Crippen LogP contribution in [0.3, 0.4) is 0 Å². The average Bonchev–Trinajstić information content (AvgIpc) is 1.62. The smallest absolute Gasteiger partial charge is 0.407 e. The van der Waals surface area contributed by atoms with Crippen LogP contribution in [-0.4, -0.2) is 189 Å². The molecule has 1 aliphatic carbocycles. The molecular weight excluding hydrogens is 1240 g/mol. The van der Waals surface area contributed by atoms with Gasteiger partial charge in [-0.15, -0.1) is 0 Å². The number of hydrogen-bond acceptors (Lipinski definition) is 21. The summed E-state index contributed by atoms with van der Waals surface area (Å²) >= 11 is 0. The van der Waals surface area contributed by atoms with Crippen molar-refractivity contribution in [1.29, 1.82) is 0 Å². The molecule has 4 atom stereocenters. The number of rotatable bonds is 46. The van der Waals surface area contributed by atoms with E-state index < -0.39 is 64.9 Å². The molecule has 6 N–H and O–H groups in total. The standard InChI is InChI=1S/C66H91FN10O18/c1-6-66(84)50-38-55-60-48(40-77(55)63(81)49(50)42-94-64(66)82)58-52(16-15-47-44(5)51(67)39-54(72-60)57(47)58)74-65(83)95-41-45-11-13-46(14-12-45)71-61(79)53(10-8-9-18-69-7-2)73-62(80)59(43(3)4)75-56(78)17-20-85-22-24-87-26-28-89-30-32-91-34-36-93-37-35-92-33-31-90-29-27-88-25-23-86-21-19-70-76-68/h7,11-14,38-39,43,52-53,59,69,84H,2,6,8-10,15-37,40-42H2,1,3-5H3,(H,71,79)(H,73,80)(H,74,83)(H,75,78)/t52-,53-,59-,66-/m0/s1. The first-order valence-electron chi connectivity index (χ1n) is 32.4. The number of amides is 4. The third-order valence-electron chi connectivity index (χ3n) is 16.2. The molecule has 95 heavy (non-hydrogen) atoms. The average molecular weight is 1330 g/mol. The van der Waals surface area contributed by atoms with Crippen LogP contribution in [0.15, 0.2) is 59.1 Å². The van der Waals surface area contributed by atoms with E-state index in [1.807, 2.05) is 0 Å². The Morgan fingerprint density at radius 3 is 1.98 bits per heavy atom. The van der Waals surface area contributed by atoms with Crippen molar-refractivity contribution in [2.75, 3.05) is 137 Å². The number of aromatic nitrogens is 2. The molecule has 4 amide bonds. The van der Waals surface area contributed by atoms with Crippen molar-refractivity contribution in [2.24, 2.45) is 11.0 Å². The summed E-state index contributed by atoms with van der Waals surface area (Å²) in [6, 6.07) is 7.08. The lowest BCUT2D eigenvalue weighted by molar-refractivity contribution is -0.172. The first-order chi connectivity index (χ1) is 46.1. The summed E-state index contributed by atoms with van der Waals surface area (Å²) in [6.07, 6.45) is 3.18. The summed E-state index contributed by atoms with van der Waals surface area (Å²) in [5.41, 5.74) is 10.6. The van der Waals surface area contributed by atoms with Crippen LogP contribution in [0, 0.1) is 18.7 Å². The summed E-state index contributed by atoms with van der Waals surface area (Å²) in [6.45, 7) is 18.0. The van der Waals surface area contributed by atoms with Gasteiger partial charge in [-0.1, -0.05) is 44.6 Å². The van der Waals surface area contributed by atoms with E-state index in [4.69, 9.17) is 62.6 Å². The van der Waals surface area contributed by atoms with Crippen molar-refractivity contribution in [2.45, 2.75) is 116 Å². The first-order valence-corrected chi connectivity index (χ1v) is 32.4. The molecule has 29 heteroatoms. The Hall–Kier alpha value is -7.67. The summed E-state index contributed by atoms with van der Waals surface area (Å²) in [7, 11) is 0. The van der Waals surface area contributed by atoms with E-state index >= 15 is 4.39 Å². The SMILES string of the molecule is C=CNCCCC[C@H](NC(=O)[C@@H](NC(=O)CCOCCOCCOCCOCCOCCOCCOCCOCCOCCN=[N+]=[N-])C(C)C)C(=O)Nc1ccc(COC(=O)N[C@H]2CCc3c(C)c(F)cc4nc5c(c2c34)Cn2c-5cc3c(c2=O)COC(=O)[C@]3(O)CC)cc1. The third-order valence-corrected chi connectivity index (χ3v) is 16.2. The van der Waals surface area contributed by atoms with Gasteiger partial charge in [0.05, 0.1) is 154 Å². The molecule has 0 unspecified atom stereocenters. The van der Waals surface area contributed by atoms with Crippen LogP contribution in [0.2, 0.25) is 0 Å². The van der Waals surface area contributed by atoms with Crippen LogP contribution < -0.4 is 32.1 Å². The number of carbonyl (C=O) groups is 5. The second-order valence-corrected chi connectivity index (χ2v) is 23.0. The van der Waals surface area contributed by atoms with Gasteiger partial charge < -0.3 is 88.4 Å². The van der Waals surface area contributed by atoms with Gasteiger partial charge in [-0.3, -0.25) is 19.2 Å². The minimum atomic E-state index is -2.04. The summed E-state index contributed by atoms with van der Waals surface area (Å²) in [5.74, 6) is -3.00. The number of aliphatic hydroxyl groups is 1. The van der Waals surface area contributed by atoms with Gasteiger partial charge >= 0.3 is 12.1 Å². The van der Waals surface area contributed by atoms with E-state index in [0.29, 0.717) is 195 Å². The zero-order valence-electron chi connectivity index (χ0n) is 54.8. The molecule has 2 aromatic carbocycles. The molecule has 4 heterocycles. The maximum absolute atomic E-state index is 15.5. The summed E-state index contributed by atoms with van der Waals surface area (Å²) in [5, 5.41) is 30.1. The molecule has 0 saturated heterocycles. The molecule has 0 bridgehead atoms. The quantitative estimate of drug-likeness (QED) is 0.00886. The van der Waals surface area contributed by atoms with E-state index in [1.54, 1.807) is 64.2 Å². The fourth-order valence-electron chi connectivity index (χ4n) is 11.1. The summed E-state index contributed by atoms with van der Waals surface area (Å²) in [4.78, 5) is 89.0. The number of anilines is 1. The van der Waals surface area contributed by atoms with Crippen LogP contribution in [0.5, 0.6) is 0 Å². The lowest BCUT2D eigenvalue weighted by Crippen LogP contribution is -2.54. The van der Waals surface area contributed by atoms with Gasteiger partial charge in [-0.05, 0) is 104 Å². The highest BCUT2D eigenvalue weighted by Gasteiger charge is 2.46. The predicted octanol–water partition coefficient (Wildman–Crippen LogP) is 5.76. The Balaban J connectivity index is 0.780. The molecule has 4 aromatic rings. The number of nitrogens with zero attached hydrogens (tertiary/aromatic N) is 5. The number of benzene rings is 2. The van der Waals surface area contributed by atoms with Gasteiger partial charge in [-0.25, -0.2) is 19.0 Å². The van der Waals surface area contributed by atoms with Gasteiger partial charge in [0.25, 0.3) is 5.56 Å². The van der Waals surface area contributed by atoms with E-state index in [2.05, 4.69) is 43.2 Å². The van der Waals surface area contributed by atoms with Crippen LogP contribution in [0.1, 0.15) is 104 Å². The van der Waals surface area contributed by atoms with Crippen molar-refractivity contribution in [1.82, 2.24) is 30.8 Å². The van der Waals surface area contributed by atoms with Crippen LogP contribution >= 0.6 is 0 Å². The second-order valence-electron chi connectivity index (χ2n) is 23.0. The van der Waals surface area contributed by atoms with E-state index in [-0.39, 0.29) is 69.5 Å². The highest BCUT2D eigenvalue weighted by atomic mass is 19.1. The minimum absolute atomic E-state index is 0.00789. The highest BCUT2D eigenvalue weighted by Crippen LogP contribution is 2.46. The number of halogens is 1. The molecule has 0 fully saturated rings. The maximum Gasteiger partial charge on any atom is 0.407 e. The number of fused-ring (bicyclic) bond motifs is 5. The maximum atomic E-state index is 15.5. The van der Waals surface area contributed by atoms with E-state index in [1.165, 1.54) is 10.6 Å².